The third-order valence-corrected chi connectivity index (χ3v) is 4.82. The largest absolute Gasteiger partial charge is 0.416 e. The van der Waals surface area contributed by atoms with Crippen molar-refractivity contribution in [3.05, 3.63) is 93.7 Å². The van der Waals surface area contributed by atoms with E-state index in [9.17, 15) is 27.2 Å². The number of hydrogen-bond donors (Lipinski definition) is 0. The molecule has 10 heteroatoms. The first-order valence-corrected chi connectivity index (χ1v) is 10.0. The Morgan fingerprint density at radius 1 is 1.00 bits per heavy atom. The monoisotopic (exact) mass is 462 g/mol. The van der Waals surface area contributed by atoms with E-state index in [1.165, 1.54) is 35.2 Å². The van der Waals surface area contributed by atoms with Gasteiger partial charge in [-0.25, -0.2) is 4.39 Å². The smallest absolute Gasteiger partial charge is 0.332 e. The Balaban J connectivity index is 1.93. The van der Waals surface area contributed by atoms with E-state index < -0.39 is 29.0 Å². The summed E-state index contributed by atoms with van der Waals surface area (Å²) < 4.78 is 53.5. The maximum atomic E-state index is 13.2. The van der Waals surface area contributed by atoms with Crippen molar-refractivity contribution in [3.8, 4) is 5.69 Å². The van der Waals surface area contributed by atoms with E-state index in [1.54, 1.807) is 14.1 Å². The zero-order valence-electron chi connectivity index (χ0n) is 18.0. The highest BCUT2D eigenvalue weighted by Gasteiger charge is 2.30. The summed E-state index contributed by atoms with van der Waals surface area (Å²) in [7, 11) is 3.61. The average Bonchev–Trinajstić information content (AvgIpc) is 2.76. The molecule has 0 unspecified atom stereocenters. The number of carbonyl (C=O) groups excluding carboxylic acids is 1. The summed E-state index contributed by atoms with van der Waals surface area (Å²) in [6, 6.07) is 12.2. The van der Waals surface area contributed by atoms with Crippen molar-refractivity contribution >= 4 is 5.91 Å². The SMILES string of the molecule is CN(C)CCN(Cc1cccc(C(F)(F)F)c1)C(=O)c1ccc(=O)n(-c2ccc(F)cc2)n1. The Hall–Kier alpha value is -3.53. The number of amides is 1. The summed E-state index contributed by atoms with van der Waals surface area (Å²) in [5.74, 6) is -1.04. The van der Waals surface area contributed by atoms with Crippen LogP contribution in [0.5, 0.6) is 0 Å². The first-order chi connectivity index (χ1) is 15.5. The molecule has 0 aliphatic carbocycles. The molecule has 0 radical (unpaired) electrons. The maximum absolute atomic E-state index is 13.2. The van der Waals surface area contributed by atoms with E-state index in [4.69, 9.17) is 0 Å². The van der Waals surface area contributed by atoms with Crippen LogP contribution in [-0.2, 0) is 12.7 Å². The first-order valence-electron chi connectivity index (χ1n) is 10.0. The predicted octanol–water partition coefficient (Wildman–Crippen LogP) is 3.59. The van der Waals surface area contributed by atoms with Gasteiger partial charge in [0.2, 0.25) is 0 Å². The molecule has 0 saturated carbocycles. The zero-order chi connectivity index (χ0) is 24.2. The van der Waals surface area contributed by atoms with Crippen molar-refractivity contribution in [1.29, 1.82) is 0 Å². The highest BCUT2D eigenvalue weighted by atomic mass is 19.4. The Labute approximate surface area is 187 Å². The lowest BCUT2D eigenvalue weighted by Crippen LogP contribution is -2.37. The second kappa shape index (κ2) is 9.95. The van der Waals surface area contributed by atoms with Gasteiger partial charge in [0.05, 0.1) is 11.3 Å². The maximum Gasteiger partial charge on any atom is 0.416 e. The molecule has 3 rings (SSSR count). The van der Waals surface area contributed by atoms with Crippen LogP contribution in [0.25, 0.3) is 5.69 Å². The molecular weight excluding hydrogens is 440 g/mol. The molecule has 0 bridgehead atoms. The molecular formula is C23H22F4N4O2. The van der Waals surface area contributed by atoms with Gasteiger partial charge in [0.1, 0.15) is 11.5 Å². The Morgan fingerprint density at radius 3 is 2.33 bits per heavy atom. The number of benzene rings is 2. The number of nitrogens with zero attached hydrogens (tertiary/aromatic N) is 4. The van der Waals surface area contributed by atoms with Gasteiger partial charge in [-0.15, -0.1) is 0 Å². The summed E-state index contributed by atoms with van der Waals surface area (Å²) in [6.07, 6.45) is -4.50. The lowest BCUT2D eigenvalue weighted by atomic mass is 10.1. The molecule has 0 spiro atoms. The fourth-order valence-electron chi connectivity index (χ4n) is 3.09. The third-order valence-electron chi connectivity index (χ3n) is 4.82. The van der Waals surface area contributed by atoms with Crippen molar-refractivity contribution in [2.24, 2.45) is 0 Å². The molecule has 2 aromatic carbocycles. The van der Waals surface area contributed by atoms with Crippen LogP contribution < -0.4 is 5.56 Å². The Bertz CT molecular complexity index is 1170. The fourth-order valence-corrected chi connectivity index (χ4v) is 3.09. The van der Waals surface area contributed by atoms with Gasteiger partial charge in [-0.3, -0.25) is 9.59 Å². The zero-order valence-corrected chi connectivity index (χ0v) is 18.0. The van der Waals surface area contributed by atoms with E-state index in [2.05, 4.69) is 5.10 Å². The molecule has 1 aromatic heterocycles. The van der Waals surface area contributed by atoms with Gasteiger partial charge in [0, 0.05) is 25.7 Å². The standard InChI is InChI=1S/C23H22F4N4O2/c1-29(2)12-13-30(15-16-4-3-5-17(14-16)23(25,26)27)22(33)20-10-11-21(32)31(28-20)19-8-6-18(24)7-9-19/h3-11,14H,12-13,15H2,1-2H3. The molecule has 33 heavy (non-hydrogen) atoms. The van der Waals surface area contributed by atoms with Crippen molar-refractivity contribution in [3.63, 3.8) is 0 Å². The van der Waals surface area contributed by atoms with Crippen LogP contribution in [0.3, 0.4) is 0 Å². The summed E-state index contributed by atoms with van der Waals surface area (Å²) in [6.45, 7) is 0.607. The van der Waals surface area contributed by atoms with Gasteiger partial charge < -0.3 is 9.80 Å². The van der Waals surface area contributed by atoms with Crippen molar-refractivity contribution in [2.75, 3.05) is 27.2 Å². The molecule has 3 aromatic rings. The number of rotatable bonds is 7. The summed E-state index contributed by atoms with van der Waals surface area (Å²) in [4.78, 5) is 28.7. The van der Waals surface area contributed by atoms with Gasteiger partial charge >= 0.3 is 6.18 Å². The van der Waals surface area contributed by atoms with Gasteiger partial charge in [0.25, 0.3) is 11.5 Å². The van der Waals surface area contributed by atoms with E-state index in [0.717, 1.165) is 35.0 Å². The number of alkyl halides is 3. The van der Waals surface area contributed by atoms with Gasteiger partial charge in [0.15, 0.2) is 0 Å². The van der Waals surface area contributed by atoms with Crippen molar-refractivity contribution < 1.29 is 22.4 Å². The Morgan fingerprint density at radius 2 is 1.70 bits per heavy atom. The number of hydrogen-bond acceptors (Lipinski definition) is 4. The molecule has 0 aliphatic heterocycles. The number of likely N-dealkylation sites (N-methyl/N-ethyl adjacent to an activating group) is 1. The molecule has 0 atom stereocenters. The molecule has 0 aliphatic rings. The topological polar surface area (TPSA) is 58.4 Å². The highest BCUT2D eigenvalue weighted by molar-refractivity contribution is 5.92. The minimum Gasteiger partial charge on any atom is -0.332 e. The van der Waals surface area contributed by atoms with E-state index >= 15 is 0 Å². The van der Waals surface area contributed by atoms with E-state index in [1.807, 2.05) is 4.90 Å². The van der Waals surface area contributed by atoms with E-state index in [0.29, 0.717) is 12.1 Å². The third kappa shape index (κ3) is 6.26. The lowest BCUT2D eigenvalue weighted by molar-refractivity contribution is -0.137. The van der Waals surface area contributed by atoms with Crippen LogP contribution in [0.15, 0.2) is 65.5 Å². The quantitative estimate of drug-likeness (QED) is 0.504. The molecule has 0 fully saturated rings. The van der Waals surface area contributed by atoms with Crippen molar-refractivity contribution in [2.45, 2.75) is 12.7 Å². The molecule has 6 nitrogen and oxygen atoms in total. The number of carbonyl (C=O) groups is 1. The molecule has 1 heterocycles. The van der Waals surface area contributed by atoms with Gasteiger partial charge in [-0.2, -0.15) is 23.0 Å². The van der Waals surface area contributed by atoms with Gasteiger partial charge in [-0.05, 0) is 62.1 Å². The number of halogens is 4. The molecule has 0 N–H and O–H groups in total. The predicted molar refractivity (Wildman–Crippen MR) is 115 cm³/mol. The minimum absolute atomic E-state index is 0.0651. The number of aromatic nitrogens is 2. The van der Waals surface area contributed by atoms with Crippen LogP contribution >= 0.6 is 0 Å². The average molecular weight is 462 g/mol. The van der Waals surface area contributed by atoms with Crippen LogP contribution in [0.4, 0.5) is 17.6 Å². The summed E-state index contributed by atoms with van der Waals surface area (Å²) >= 11 is 0. The van der Waals surface area contributed by atoms with Crippen molar-refractivity contribution in [1.82, 2.24) is 19.6 Å². The minimum atomic E-state index is -4.50. The first kappa shape index (κ1) is 24.1. The van der Waals surface area contributed by atoms with Crippen LogP contribution in [0, 0.1) is 5.82 Å². The Kier molecular flexibility index (Phi) is 7.27. The highest BCUT2D eigenvalue weighted by Crippen LogP contribution is 2.29. The lowest BCUT2D eigenvalue weighted by Gasteiger charge is -2.25. The van der Waals surface area contributed by atoms with Crippen LogP contribution in [0.2, 0.25) is 0 Å². The molecule has 0 saturated heterocycles. The molecule has 174 valence electrons. The molecule has 1 amide bonds. The summed E-state index contributed by atoms with van der Waals surface area (Å²) in [5, 5.41) is 4.12. The second-order valence-corrected chi connectivity index (χ2v) is 7.67. The fraction of sp³-hybridized carbons (Fsp3) is 0.261. The van der Waals surface area contributed by atoms with Crippen LogP contribution in [0.1, 0.15) is 21.6 Å². The van der Waals surface area contributed by atoms with Gasteiger partial charge in [-0.1, -0.05) is 12.1 Å². The summed E-state index contributed by atoms with van der Waals surface area (Å²) in [5.41, 5.74) is -0.805. The van der Waals surface area contributed by atoms with E-state index in [-0.39, 0.29) is 24.5 Å². The second-order valence-electron chi connectivity index (χ2n) is 7.67. The van der Waals surface area contributed by atoms with Crippen LogP contribution in [-0.4, -0.2) is 52.7 Å². The normalized spacial score (nSPS) is 11.6.